The van der Waals surface area contributed by atoms with Gasteiger partial charge in [-0.2, -0.15) is 0 Å². The number of rotatable bonds is 2. The Balaban J connectivity index is 0.000000771. The van der Waals surface area contributed by atoms with E-state index in [2.05, 4.69) is 50.4 Å². The topological polar surface area (TPSA) is 12.9 Å². The molecule has 0 radical (unpaired) electrons. The zero-order valence-corrected chi connectivity index (χ0v) is 12.8. The fourth-order valence-corrected chi connectivity index (χ4v) is 2.44. The highest BCUT2D eigenvalue weighted by atomic mass is 32.1. The van der Waals surface area contributed by atoms with E-state index in [1.54, 1.807) is 11.3 Å². The van der Waals surface area contributed by atoms with Crippen molar-refractivity contribution in [3.8, 4) is 0 Å². The first-order chi connectivity index (χ1) is 8.55. The second-order valence-electron chi connectivity index (χ2n) is 5.06. The first kappa shape index (κ1) is 14.9. The van der Waals surface area contributed by atoms with Crippen molar-refractivity contribution in [2.24, 2.45) is 0 Å². The molecule has 1 heterocycles. The predicted octanol–water partition coefficient (Wildman–Crippen LogP) is 5.06. The molecule has 0 N–H and O–H groups in total. The van der Waals surface area contributed by atoms with E-state index in [1.165, 1.54) is 16.3 Å². The van der Waals surface area contributed by atoms with E-state index in [1.807, 2.05) is 19.9 Å². The Bertz CT molecular complexity index is 451. The third-order valence-corrected chi connectivity index (χ3v) is 3.74. The summed E-state index contributed by atoms with van der Waals surface area (Å²) in [6, 6.07) is 10.5. The highest BCUT2D eigenvalue weighted by Crippen LogP contribution is 2.26. The van der Waals surface area contributed by atoms with Gasteiger partial charge in [0.05, 0.1) is 10.7 Å². The Labute approximate surface area is 115 Å². The molecule has 98 valence electrons. The Morgan fingerprint density at radius 2 is 1.67 bits per heavy atom. The van der Waals surface area contributed by atoms with E-state index in [4.69, 9.17) is 4.98 Å². The standard InChI is InChI=1S/C14H17NS.C2H6/c1-14(2,3)13-15-12(10-16-13)9-11-7-5-4-6-8-11;1-2/h4-8,10H,9H2,1-3H3;1-2H3. The predicted molar refractivity (Wildman–Crippen MR) is 81.4 cm³/mol. The average molecular weight is 261 g/mol. The van der Waals surface area contributed by atoms with Crippen LogP contribution in [0.2, 0.25) is 0 Å². The van der Waals surface area contributed by atoms with Crippen molar-refractivity contribution in [1.29, 1.82) is 0 Å². The number of hydrogen-bond acceptors (Lipinski definition) is 2. The Morgan fingerprint density at radius 1 is 1.06 bits per heavy atom. The minimum Gasteiger partial charge on any atom is -0.245 e. The maximum Gasteiger partial charge on any atom is 0.0982 e. The smallest absolute Gasteiger partial charge is 0.0982 e. The van der Waals surface area contributed by atoms with Crippen molar-refractivity contribution in [3.05, 3.63) is 52.0 Å². The maximum atomic E-state index is 4.70. The molecule has 1 aromatic carbocycles. The molecule has 0 aliphatic rings. The van der Waals surface area contributed by atoms with Crippen LogP contribution in [0, 0.1) is 0 Å². The zero-order chi connectivity index (χ0) is 13.6. The molecular formula is C16H23NS. The maximum absolute atomic E-state index is 4.70. The lowest BCUT2D eigenvalue weighted by molar-refractivity contribution is 0.583. The van der Waals surface area contributed by atoms with Crippen molar-refractivity contribution in [2.75, 3.05) is 0 Å². The molecule has 1 aromatic heterocycles. The fraction of sp³-hybridized carbons (Fsp3) is 0.438. The summed E-state index contributed by atoms with van der Waals surface area (Å²) < 4.78 is 0. The first-order valence-electron chi connectivity index (χ1n) is 6.54. The zero-order valence-electron chi connectivity index (χ0n) is 12.0. The van der Waals surface area contributed by atoms with Crippen LogP contribution in [0.3, 0.4) is 0 Å². The van der Waals surface area contributed by atoms with Crippen LogP contribution in [0.15, 0.2) is 35.7 Å². The third-order valence-electron chi connectivity index (χ3n) is 2.42. The van der Waals surface area contributed by atoms with Crippen molar-refractivity contribution in [2.45, 2.75) is 46.5 Å². The summed E-state index contributed by atoms with van der Waals surface area (Å²) in [7, 11) is 0. The molecule has 0 amide bonds. The van der Waals surface area contributed by atoms with E-state index >= 15 is 0 Å². The van der Waals surface area contributed by atoms with Crippen LogP contribution in [0.25, 0.3) is 0 Å². The number of aromatic nitrogens is 1. The molecule has 18 heavy (non-hydrogen) atoms. The molecule has 2 aromatic rings. The quantitative estimate of drug-likeness (QED) is 0.736. The summed E-state index contributed by atoms with van der Waals surface area (Å²) in [6.45, 7) is 10.6. The van der Waals surface area contributed by atoms with Gasteiger partial charge in [0.25, 0.3) is 0 Å². The van der Waals surface area contributed by atoms with E-state index in [-0.39, 0.29) is 5.41 Å². The van der Waals surface area contributed by atoms with Gasteiger partial charge in [-0.3, -0.25) is 0 Å². The summed E-state index contributed by atoms with van der Waals surface area (Å²) in [5, 5.41) is 3.39. The molecule has 0 aliphatic heterocycles. The molecule has 1 nitrogen and oxygen atoms in total. The first-order valence-corrected chi connectivity index (χ1v) is 7.42. The molecular weight excluding hydrogens is 238 g/mol. The van der Waals surface area contributed by atoms with Crippen LogP contribution in [-0.2, 0) is 11.8 Å². The van der Waals surface area contributed by atoms with Gasteiger partial charge in [0.1, 0.15) is 0 Å². The largest absolute Gasteiger partial charge is 0.245 e. The lowest BCUT2D eigenvalue weighted by Crippen LogP contribution is -2.10. The van der Waals surface area contributed by atoms with Gasteiger partial charge in [-0.25, -0.2) is 4.98 Å². The minimum absolute atomic E-state index is 0.166. The summed E-state index contributed by atoms with van der Waals surface area (Å²) in [5.74, 6) is 0. The third kappa shape index (κ3) is 4.26. The van der Waals surface area contributed by atoms with Crippen LogP contribution >= 0.6 is 11.3 Å². The molecule has 0 fully saturated rings. The SMILES string of the molecule is CC.CC(C)(C)c1nc(Cc2ccccc2)cs1. The molecule has 2 rings (SSSR count). The lowest BCUT2D eigenvalue weighted by Gasteiger charge is -2.13. The number of benzene rings is 1. The minimum atomic E-state index is 0.166. The molecule has 0 atom stereocenters. The lowest BCUT2D eigenvalue weighted by atomic mass is 9.98. The number of nitrogens with zero attached hydrogens (tertiary/aromatic N) is 1. The van der Waals surface area contributed by atoms with Gasteiger partial charge in [0, 0.05) is 17.2 Å². The second-order valence-corrected chi connectivity index (χ2v) is 5.91. The molecule has 2 heteroatoms. The summed E-state index contributed by atoms with van der Waals surface area (Å²) in [5.41, 5.74) is 2.67. The van der Waals surface area contributed by atoms with Gasteiger partial charge < -0.3 is 0 Å². The average Bonchev–Trinajstić information content (AvgIpc) is 2.81. The molecule has 0 bridgehead atoms. The van der Waals surface area contributed by atoms with Gasteiger partial charge in [-0.15, -0.1) is 11.3 Å². The van der Waals surface area contributed by atoms with Gasteiger partial charge in [0.15, 0.2) is 0 Å². The van der Waals surface area contributed by atoms with Gasteiger partial charge in [-0.1, -0.05) is 65.0 Å². The van der Waals surface area contributed by atoms with Gasteiger partial charge >= 0.3 is 0 Å². The van der Waals surface area contributed by atoms with Crippen molar-refractivity contribution in [3.63, 3.8) is 0 Å². The highest BCUT2D eigenvalue weighted by Gasteiger charge is 2.17. The van der Waals surface area contributed by atoms with E-state index in [0.29, 0.717) is 0 Å². The van der Waals surface area contributed by atoms with Gasteiger partial charge in [0.2, 0.25) is 0 Å². The fourth-order valence-electron chi connectivity index (χ4n) is 1.54. The van der Waals surface area contributed by atoms with E-state index in [0.717, 1.165) is 6.42 Å². The van der Waals surface area contributed by atoms with Crippen LogP contribution in [0.1, 0.15) is 50.9 Å². The monoisotopic (exact) mass is 261 g/mol. The summed E-state index contributed by atoms with van der Waals surface area (Å²) >= 11 is 1.76. The van der Waals surface area contributed by atoms with Crippen LogP contribution in [0.5, 0.6) is 0 Å². The number of thiazole rings is 1. The number of hydrogen-bond donors (Lipinski definition) is 0. The van der Waals surface area contributed by atoms with Crippen molar-refractivity contribution in [1.82, 2.24) is 4.98 Å². The summed E-state index contributed by atoms with van der Waals surface area (Å²) in [6.07, 6.45) is 0.938. The summed E-state index contributed by atoms with van der Waals surface area (Å²) in [4.78, 5) is 4.70. The molecule has 0 saturated heterocycles. The van der Waals surface area contributed by atoms with E-state index in [9.17, 15) is 0 Å². The molecule has 0 spiro atoms. The molecule has 0 aliphatic carbocycles. The Kier molecular flexibility index (Phi) is 5.54. The highest BCUT2D eigenvalue weighted by molar-refractivity contribution is 7.09. The van der Waals surface area contributed by atoms with Crippen LogP contribution in [0.4, 0.5) is 0 Å². The van der Waals surface area contributed by atoms with Gasteiger partial charge in [-0.05, 0) is 5.56 Å². The Hall–Kier alpha value is -1.15. The normalized spacial score (nSPS) is 10.7. The van der Waals surface area contributed by atoms with Crippen molar-refractivity contribution >= 4 is 11.3 Å². The second kappa shape index (κ2) is 6.69. The Morgan fingerprint density at radius 3 is 2.17 bits per heavy atom. The van der Waals surface area contributed by atoms with Crippen molar-refractivity contribution < 1.29 is 0 Å². The van der Waals surface area contributed by atoms with Crippen LogP contribution in [-0.4, -0.2) is 4.98 Å². The molecule has 0 saturated carbocycles. The molecule has 0 unspecified atom stereocenters. The van der Waals surface area contributed by atoms with E-state index < -0.39 is 0 Å². The van der Waals surface area contributed by atoms with Crippen LogP contribution < -0.4 is 0 Å².